The fraction of sp³-hybridized carbons (Fsp3) is 0.583. The summed E-state index contributed by atoms with van der Waals surface area (Å²) in [6.45, 7) is 13.7. The molecule has 0 N–H and O–H groups in total. The Hall–Kier alpha value is -2.90. The second-order valence-corrected chi connectivity index (χ2v) is 10.6. The minimum atomic E-state index is -0.871. The van der Waals surface area contributed by atoms with E-state index < -0.39 is 28.7 Å². The predicted molar refractivity (Wildman–Crippen MR) is 124 cm³/mol. The van der Waals surface area contributed by atoms with E-state index in [0.717, 1.165) is 6.07 Å². The molecule has 1 aliphatic rings. The molecule has 0 radical (unpaired) electrons. The molecule has 0 aliphatic carbocycles. The van der Waals surface area contributed by atoms with Gasteiger partial charge in [0.2, 0.25) is 11.8 Å². The number of nitriles is 1. The van der Waals surface area contributed by atoms with Crippen LogP contribution >= 0.6 is 0 Å². The van der Waals surface area contributed by atoms with Gasteiger partial charge in [0.05, 0.1) is 25.3 Å². The van der Waals surface area contributed by atoms with Gasteiger partial charge in [0.15, 0.2) is 11.6 Å². The highest BCUT2D eigenvalue weighted by Gasteiger charge is 2.29. The summed E-state index contributed by atoms with van der Waals surface area (Å²) in [5, 5.41) is 9.23. The number of fused-ring (bicyclic) bond motifs is 1. The maximum atomic E-state index is 15.1. The summed E-state index contributed by atoms with van der Waals surface area (Å²) >= 11 is 0. The summed E-state index contributed by atoms with van der Waals surface area (Å²) in [6.07, 6.45) is 0.295. The summed E-state index contributed by atoms with van der Waals surface area (Å²) < 4.78 is 42.2. The summed E-state index contributed by atoms with van der Waals surface area (Å²) in [5.41, 5.74) is -1.86. The van der Waals surface area contributed by atoms with Crippen molar-refractivity contribution in [1.82, 2.24) is 14.5 Å². The number of imidazole rings is 1. The van der Waals surface area contributed by atoms with Gasteiger partial charge in [0.25, 0.3) is 0 Å². The van der Waals surface area contributed by atoms with Gasteiger partial charge >= 0.3 is 5.97 Å². The lowest BCUT2D eigenvalue weighted by Gasteiger charge is -2.26. The van der Waals surface area contributed by atoms with Gasteiger partial charge in [0.1, 0.15) is 17.1 Å². The standard InChI is InChI=1S/C24H31F2N5O3/c1-23(2,3)12-17(34-18(32)14-30-7-9-33-10-8-30)28-22-29-20-16(25)11-15(13-27)19(26)21(20)31(22)24(4,5)6/h11H,7-10,12,14H2,1-6H3/b28-17-. The Morgan fingerprint density at radius 3 is 2.44 bits per heavy atom. The van der Waals surface area contributed by atoms with Crippen molar-refractivity contribution in [2.75, 3.05) is 32.8 Å². The molecular weight excluding hydrogens is 444 g/mol. The Bertz CT molecular complexity index is 1150. The number of rotatable bonds is 4. The van der Waals surface area contributed by atoms with E-state index in [-0.39, 0.29) is 34.8 Å². The number of aliphatic imine (C=N–C) groups is 1. The van der Waals surface area contributed by atoms with Crippen LogP contribution in [0, 0.1) is 28.4 Å². The minimum Gasteiger partial charge on any atom is -0.410 e. The van der Waals surface area contributed by atoms with Gasteiger partial charge < -0.3 is 14.0 Å². The molecule has 0 saturated carbocycles. The summed E-state index contributed by atoms with van der Waals surface area (Å²) in [4.78, 5) is 23.3. The zero-order valence-electron chi connectivity index (χ0n) is 20.5. The highest BCUT2D eigenvalue weighted by molar-refractivity contribution is 5.92. The molecule has 184 valence electrons. The highest BCUT2D eigenvalue weighted by atomic mass is 19.1. The van der Waals surface area contributed by atoms with E-state index in [0.29, 0.717) is 32.7 Å². The molecule has 1 aromatic heterocycles. The zero-order chi connectivity index (χ0) is 25.3. The molecule has 0 unspecified atom stereocenters. The van der Waals surface area contributed by atoms with Crippen LogP contribution in [0.1, 0.15) is 53.5 Å². The molecular formula is C24H31F2N5O3. The molecule has 2 aromatic rings. The van der Waals surface area contributed by atoms with Gasteiger partial charge in [-0.1, -0.05) is 20.8 Å². The maximum Gasteiger partial charge on any atom is 0.326 e. The average Bonchev–Trinajstić information content (AvgIpc) is 3.10. The molecule has 10 heteroatoms. The zero-order valence-corrected chi connectivity index (χ0v) is 20.5. The van der Waals surface area contributed by atoms with Gasteiger partial charge in [-0.05, 0) is 32.3 Å². The Balaban J connectivity index is 2.09. The van der Waals surface area contributed by atoms with E-state index in [2.05, 4.69) is 9.98 Å². The summed E-state index contributed by atoms with van der Waals surface area (Å²) in [5.74, 6) is -2.08. The third kappa shape index (κ3) is 5.96. The molecule has 1 fully saturated rings. The summed E-state index contributed by atoms with van der Waals surface area (Å²) in [7, 11) is 0. The predicted octanol–water partition coefficient (Wildman–Crippen LogP) is 4.28. The Morgan fingerprint density at radius 2 is 1.88 bits per heavy atom. The number of halogens is 2. The molecule has 0 spiro atoms. The number of nitrogens with zero attached hydrogens (tertiary/aromatic N) is 5. The molecule has 2 heterocycles. The van der Waals surface area contributed by atoms with E-state index in [1.165, 1.54) is 4.57 Å². The van der Waals surface area contributed by atoms with Gasteiger partial charge in [0, 0.05) is 25.0 Å². The molecule has 8 nitrogen and oxygen atoms in total. The minimum absolute atomic E-state index is 0.00573. The quantitative estimate of drug-likeness (QED) is 0.372. The van der Waals surface area contributed by atoms with Gasteiger partial charge in [-0.25, -0.2) is 13.8 Å². The Labute approximate surface area is 198 Å². The maximum absolute atomic E-state index is 15.1. The number of hydrogen-bond acceptors (Lipinski definition) is 7. The average molecular weight is 476 g/mol. The van der Waals surface area contributed by atoms with Crippen LogP contribution in [0.3, 0.4) is 0 Å². The Kier molecular flexibility index (Phi) is 7.38. The monoisotopic (exact) mass is 475 g/mol. The molecule has 3 rings (SSSR count). The van der Waals surface area contributed by atoms with Crippen molar-refractivity contribution in [3.8, 4) is 6.07 Å². The van der Waals surface area contributed by atoms with E-state index in [1.807, 2.05) is 25.7 Å². The fourth-order valence-electron chi connectivity index (χ4n) is 3.72. The second kappa shape index (κ2) is 9.76. The molecule has 0 atom stereocenters. The van der Waals surface area contributed by atoms with Crippen LogP contribution < -0.4 is 0 Å². The third-order valence-corrected chi connectivity index (χ3v) is 5.19. The first-order valence-electron chi connectivity index (χ1n) is 11.2. The van der Waals surface area contributed by atoms with Gasteiger partial charge in [-0.15, -0.1) is 0 Å². The lowest BCUT2D eigenvalue weighted by Crippen LogP contribution is -2.40. The first-order valence-corrected chi connectivity index (χ1v) is 11.2. The normalized spacial score (nSPS) is 16.0. The number of esters is 1. The van der Waals surface area contributed by atoms with Crippen LogP contribution in [0.15, 0.2) is 11.1 Å². The largest absolute Gasteiger partial charge is 0.410 e. The fourth-order valence-corrected chi connectivity index (χ4v) is 3.72. The van der Waals surface area contributed by atoms with Crippen molar-refractivity contribution in [2.45, 2.75) is 53.5 Å². The topological polar surface area (TPSA) is 92.7 Å². The number of carbonyl (C=O) groups is 1. The number of benzene rings is 1. The van der Waals surface area contributed by atoms with Crippen LogP contribution in [0.5, 0.6) is 0 Å². The van der Waals surface area contributed by atoms with Crippen molar-refractivity contribution < 1.29 is 23.0 Å². The van der Waals surface area contributed by atoms with Crippen molar-refractivity contribution in [3.05, 3.63) is 23.3 Å². The third-order valence-electron chi connectivity index (χ3n) is 5.19. The summed E-state index contributed by atoms with van der Waals surface area (Å²) in [6, 6.07) is 2.50. The Morgan fingerprint density at radius 1 is 1.24 bits per heavy atom. The van der Waals surface area contributed by atoms with Crippen LogP contribution in [0.2, 0.25) is 0 Å². The number of carbonyl (C=O) groups excluding carboxylic acids is 1. The van der Waals surface area contributed by atoms with Gasteiger partial charge in [-0.3, -0.25) is 9.69 Å². The number of hydrogen-bond donors (Lipinski definition) is 0. The smallest absolute Gasteiger partial charge is 0.326 e. The molecule has 0 amide bonds. The SMILES string of the molecule is CC(C)(C)C/C(=N/c1nc2c(F)cc(C#N)c(F)c2n1C(C)(C)C)OC(=O)CN1CCOCC1. The van der Waals surface area contributed by atoms with Crippen LogP contribution in [-0.2, 0) is 19.8 Å². The first-order chi connectivity index (χ1) is 15.8. The number of morpholine rings is 1. The van der Waals surface area contributed by atoms with Crippen molar-refractivity contribution >= 4 is 28.8 Å². The molecule has 1 aromatic carbocycles. The van der Waals surface area contributed by atoms with Crippen molar-refractivity contribution in [2.24, 2.45) is 10.4 Å². The van der Waals surface area contributed by atoms with Crippen LogP contribution in [-0.4, -0.2) is 59.2 Å². The second-order valence-electron chi connectivity index (χ2n) is 10.6. The van der Waals surface area contributed by atoms with E-state index in [1.54, 1.807) is 26.8 Å². The van der Waals surface area contributed by atoms with E-state index in [9.17, 15) is 14.4 Å². The lowest BCUT2D eigenvalue weighted by atomic mass is 9.92. The highest BCUT2D eigenvalue weighted by Crippen LogP contribution is 2.34. The van der Waals surface area contributed by atoms with E-state index >= 15 is 4.39 Å². The molecule has 0 bridgehead atoms. The van der Waals surface area contributed by atoms with Gasteiger partial charge in [-0.2, -0.15) is 10.3 Å². The number of ether oxygens (including phenoxy) is 2. The van der Waals surface area contributed by atoms with Crippen molar-refractivity contribution in [3.63, 3.8) is 0 Å². The number of aromatic nitrogens is 2. The van der Waals surface area contributed by atoms with Crippen LogP contribution in [0.4, 0.5) is 14.7 Å². The lowest BCUT2D eigenvalue weighted by molar-refractivity contribution is -0.138. The van der Waals surface area contributed by atoms with Crippen LogP contribution in [0.25, 0.3) is 11.0 Å². The first kappa shape index (κ1) is 25.7. The molecule has 1 aliphatic heterocycles. The molecule has 1 saturated heterocycles. The van der Waals surface area contributed by atoms with Crippen molar-refractivity contribution in [1.29, 1.82) is 5.26 Å². The van der Waals surface area contributed by atoms with E-state index in [4.69, 9.17) is 9.47 Å². The molecule has 34 heavy (non-hydrogen) atoms.